The molecule has 0 bridgehead atoms. The lowest BCUT2D eigenvalue weighted by Crippen LogP contribution is -2.22. The second-order valence-electron chi connectivity index (χ2n) is 5.02. The molecule has 2 aromatic rings. The Kier molecular flexibility index (Phi) is 6.06. The van der Waals surface area contributed by atoms with Gasteiger partial charge in [-0.05, 0) is 66.7 Å². The first-order chi connectivity index (χ1) is 10.2. The predicted octanol–water partition coefficient (Wildman–Crippen LogP) is 4.70. The smallest absolute Gasteiger partial charge is 0.124 e. The number of benzene rings is 2. The van der Waals surface area contributed by atoms with Gasteiger partial charge >= 0.3 is 0 Å². The van der Waals surface area contributed by atoms with Crippen LogP contribution in [0.15, 0.2) is 42.5 Å². The van der Waals surface area contributed by atoms with Crippen molar-refractivity contribution >= 4 is 22.6 Å². The van der Waals surface area contributed by atoms with Gasteiger partial charge in [0.05, 0.1) is 12.6 Å². The standard InChI is InChI=1S/C18H22INO/c1-4-20-18(14-7-9-15(19)10-8-14)16-12-13(3)6-11-17(16)21-5-2/h6-12,18,20H,4-5H2,1-3H3. The molecule has 0 heterocycles. The third-order valence-corrected chi connectivity index (χ3v) is 4.11. The maximum absolute atomic E-state index is 5.82. The lowest BCUT2D eigenvalue weighted by atomic mass is 9.96. The molecule has 1 unspecified atom stereocenters. The highest BCUT2D eigenvalue weighted by Crippen LogP contribution is 2.31. The molecule has 2 nitrogen and oxygen atoms in total. The topological polar surface area (TPSA) is 21.3 Å². The molecular weight excluding hydrogens is 373 g/mol. The lowest BCUT2D eigenvalue weighted by molar-refractivity contribution is 0.333. The van der Waals surface area contributed by atoms with E-state index in [0.29, 0.717) is 6.61 Å². The summed E-state index contributed by atoms with van der Waals surface area (Å²) in [5, 5.41) is 3.58. The van der Waals surface area contributed by atoms with Crippen molar-refractivity contribution < 1.29 is 4.74 Å². The summed E-state index contributed by atoms with van der Waals surface area (Å²) in [6.07, 6.45) is 0. The second-order valence-corrected chi connectivity index (χ2v) is 6.26. The van der Waals surface area contributed by atoms with Crippen molar-refractivity contribution in [3.05, 3.63) is 62.7 Å². The Bertz CT molecular complexity index is 580. The average molecular weight is 395 g/mol. The molecule has 0 saturated carbocycles. The number of ether oxygens (including phenoxy) is 1. The Morgan fingerprint density at radius 3 is 2.43 bits per heavy atom. The molecular formula is C18H22INO. The molecule has 0 saturated heterocycles. The maximum atomic E-state index is 5.82. The van der Waals surface area contributed by atoms with Gasteiger partial charge in [-0.3, -0.25) is 0 Å². The summed E-state index contributed by atoms with van der Waals surface area (Å²) in [6, 6.07) is 15.2. The molecule has 0 aliphatic rings. The van der Waals surface area contributed by atoms with Gasteiger partial charge in [0.1, 0.15) is 5.75 Å². The van der Waals surface area contributed by atoms with Crippen LogP contribution in [0.3, 0.4) is 0 Å². The van der Waals surface area contributed by atoms with E-state index in [1.165, 1.54) is 20.3 Å². The van der Waals surface area contributed by atoms with E-state index >= 15 is 0 Å². The summed E-state index contributed by atoms with van der Waals surface area (Å²) in [5.74, 6) is 0.965. The SMILES string of the molecule is CCNC(c1ccc(I)cc1)c1cc(C)ccc1OCC. The maximum Gasteiger partial charge on any atom is 0.124 e. The fourth-order valence-corrected chi connectivity index (χ4v) is 2.81. The second kappa shape index (κ2) is 7.80. The molecule has 1 atom stereocenters. The summed E-state index contributed by atoms with van der Waals surface area (Å²) < 4.78 is 7.07. The number of nitrogens with one attached hydrogen (secondary N) is 1. The minimum atomic E-state index is 0.161. The molecule has 0 amide bonds. The van der Waals surface area contributed by atoms with Crippen LogP contribution in [0.5, 0.6) is 5.75 Å². The molecule has 0 aliphatic carbocycles. The summed E-state index contributed by atoms with van der Waals surface area (Å²) in [7, 11) is 0. The van der Waals surface area contributed by atoms with E-state index < -0.39 is 0 Å². The fraction of sp³-hybridized carbons (Fsp3) is 0.333. The van der Waals surface area contributed by atoms with Gasteiger partial charge in [-0.2, -0.15) is 0 Å². The van der Waals surface area contributed by atoms with Crippen LogP contribution >= 0.6 is 22.6 Å². The van der Waals surface area contributed by atoms with Gasteiger partial charge < -0.3 is 10.1 Å². The molecule has 0 aliphatic heterocycles. The molecule has 1 N–H and O–H groups in total. The number of hydrogen-bond acceptors (Lipinski definition) is 2. The van der Waals surface area contributed by atoms with Crippen molar-refractivity contribution in [2.24, 2.45) is 0 Å². The zero-order chi connectivity index (χ0) is 15.2. The molecule has 21 heavy (non-hydrogen) atoms. The van der Waals surface area contributed by atoms with E-state index in [-0.39, 0.29) is 6.04 Å². The van der Waals surface area contributed by atoms with Crippen LogP contribution in [0.25, 0.3) is 0 Å². The highest BCUT2D eigenvalue weighted by atomic mass is 127. The van der Waals surface area contributed by atoms with Crippen molar-refractivity contribution in [3.8, 4) is 5.75 Å². The van der Waals surface area contributed by atoms with Gasteiger partial charge in [-0.25, -0.2) is 0 Å². The van der Waals surface area contributed by atoms with Gasteiger partial charge in [0, 0.05) is 9.13 Å². The molecule has 2 aromatic carbocycles. The van der Waals surface area contributed by atoms with E-state index in [1.807, 2.05) is 6.92 Å². The average Bonchev–Trinajstić information content (AvgIpc) is 2.48. The third-order valence-electron chi connectivity index (χ3n) is 3.39. The Balaban J connectivity index is 2.46. The van der Waals surface area contributed by atoms with Crippen molar-refractivity contribution in [2.75, 3.05) is 13.2 Å². The van der Waals surface area contributed by atoms with Crippen molar-refractivity contribution in [3.63, 3.8) is 0 Å². The van der Waals surface area contributed by atoms with Crippen molar-refractivity contribution in [2.45, 2.75) is 26.8 Å². The van der Waals surface area contributed by atoms with Gasteiger partial charge in [-0.15, -0.1) is 0 Å². The molecule has 112 valence electrons. The number of rotatable bonds is 6. The summed E-state index contributed by atoms with van der Waals surface area (Å²) in [4.78, 5) is 0. The van der Waals surface area contributed by atoms with E-state index in [1.54, 1.807) is 0 Å². The fourth-order valence-electron chi connectivity index (χ4n) is 2.45. The highest BCUT2D eigenvalue weighted by Gasteiger charge is 2.17. The highest BCUT2D eigenvalue weighted by molar-refractivity contribution is 14.1. The first-order valence-electron chi connectivity index (χ1n) is 7.37. The van der Waals surface area contributed by atoms with Crippen molar-refractivity contribution in [1.29, 1.82) is 0 Å². The van der Waals surface area contributed by atoms with E-state index in [0.717, 1.165) is 12.3 Å². The van der Waals surface area contributed by atoms with Gasteiger partial charge in [-0.1, -0.05) is 36.8 Å². The monoisotopic (exact) mass is 395 g/mol. The van der Waals surface area contributed by atoms with Crippen LogP contribution in [0.4, 0.5) is 0 Å². The number of halogens is 1. The van der Waals surface area contributed by atoms with Crippen molar-refractivity contribution in [1.82, 2.24) is 5.32 Å². The van der Waals surface area contributed by atoms with E-state index in [9.17, 15) is 0 Å². The zero-order valence-electron chi connectivity index (χ0n) is 12.8. The van der Waals surface area contributed by atoms with Crippen LogP contribution in [-0.2, 0) is 0 Å². The molecule has 0 fully saturated rings. The first kappa shape index (κ1) is 16.3. The minimum absolute atomic E-state index is 0.161. The van der Waals surface area contributed by atoms with E-state index in [4.69, 9.17) is 4.74 Å². The Labute approximate surface area is 141 Å². The Morgan fingerprint density at radius 2 is 1.81 bits per heavy atom. The Hall–Kier alpha value is -1.07. The van der Waals surface area contributed by atoms with Gasteiger partial charge in [0.2, 0.25) is 0 Å². The predicted molar refractivity (Wildman–Crippen MR) is 97.0 cm³/mol. The quantitative estimate of drug-likeness (QED) is 0.717. The molecule has 0 aromatic heterocycles. The summed E-state index contributed by atoms with van der Waals surface area (Å²) >= 11 is 2.34. The van der Waals surface area contributed by atoms with Crippen LogP contribution in [0, 0.1) is 10.5 Å². The van der Waals surface area contributed by atoms with Crippen LogP contribution in [0.1, 0.15) is 36.6 Å². The molecule has 0 spiro atoms. The largest absolute Gasteiger partial charge is 0.494 e. The van der Waals surface area contributed by atoms with E-state index in [2.05, 4.69) is 84.2 Å². The minimum Gasteiger partial charge on any atom is -0.494 e. The van der Waals surface area contributed by atoms with Crippen LogP contribution < -0.4 is 10.1 Å². The summed E-state index contributed by atoms with van der Waals surface area (Å²) in [5.41, 5.74) is 3.73. The normalized spacial score (nSPS) is 12.2. The molecule has 0 radical (unpaired) electrons. The number of hydrogen-bond donors (Lipinski definition) is 1. The Morgan fingerprint density at radius 1 is 1.10 bits per heavy atom. The zero-order valence-corrected chi connectivity index (χ0v) is 15.0. The van der Waals surface area contributed by atoms with Gasteiger partial charge in [0.25, 0.3) is 0 Å². The summed E-state index contributed by atoms with van der Waals surface area (Å²) in [6.45, 7) is 7.88. The molecule has 3 heteroatoms. The first-order valence-corrected chi connectivity index (χ1v) is 8.45. The molecule has 2 rings (SSSR count). The van der Waals surface area contributed by atoms with Crippen LogP contribution in [0.2, 0.25) is 0 Å². The lowest BCUT2D eigenvalue weighted by Gasteiger charge is -2.22. The third kappa shape index (κ3) is 4.20. The van der Waals surface area contributed by atoms with Crippen LogP contribution in [-0.4, -0.2) is 13.2 Å². The number of aryl methyl sites for hydroxylation is 1. The van der Waals surface area contributed by atoms with Gasteiger partial charge in [0.15, 0.2) is 0 Å².